The molecule has 0 saturated carbocycles. The predicted octanol–water partition coefficient (Wildman–Crippen LogP) is 3.99. The fraction of sp³-hybridized carbons (Fsp3) is 0.158. The van der Waals surface area contributed by atoms with E-state index in [2.05, 4.69) is 9.97 Å². The minimum Gasteiger partial charge on any atom is -0.437 e. The monoisotopic (exact) mass is 437 g/mol. The molecule has 10 heteroatoms. The second kappa shape index (κ2) is 7.57. The van der Waals surface area contributed by atoms with Crippen LogP contribution >= 0.6 is 11.6 Å². The molecule has 3 heterocycles. The fourth-order valence-corrected chi connectivity index (χ4v) is 5.07. The van der Waals surface area contributed by atoms with Crippen molar-refractivity contribution in [2.24, 2.45) is 0 Å². The molecule has 2 aromatic heterocycles. The highest BCUT2D eigenvalue weighted by molar-refractivity contribution is 7.91. The Morgan fingerprint density at radius 3 is 2.62 bits per heavy atom. The van der Waals surface area contributed by atoms with Gasteiger partial charge in [-0.25, -0.2) is 12.8 Å². The van der Waals surface area contributed by atoms with Crippen LogP contribution in [0, 0.1) is 11.8 Å². The zero-order valence-corrected chi connectivity index (χ0v) is 16.4. The third-order valence-corrected chi connectivity index (χ3v) is 6.58. The first kappa shape index (κ1) is 19.5. The van der Waals surface area contributed by atoms with Gasteiger partial charge in [0.15, 0.2) is 9.84 Å². The number of nitrogens with zero attached hydrogens (tertiary/aromatic N) is 3. The van der Waals surface area contributed by atoms with Gasteiger partial charge in [-0.3, -0.25) is 4.98 Å². The Hall–Kier alpha value is -2.78. The first-order valence-corrected chi connectivity index (χ1v) is 10.6. The summed E-state index contributed by atoms with van der Waals surface area (Å²) < 4.78 is 58.5. The van der Waals surface area contributed by atoms with Gasteiger partial charge in [0.05, 0.1) is 5.75 Å². The van der Waals surface area contributed by atoms with Gasteiger partial charge in [-0.15, -0.1) is 0 Å². The van der Waals surface area contributed by atoms with Gasteiger partial charge in [-0.1, -0.05) is 17.7 Å². The standard InChI is InChI=1S/C19H14ClF2N3O3S/c20-15-17-16(19(24-18(15)22)28-14-5-3-13(21)4-6-14)25(8-9-29(17,26)27)11-12-2-1-7-23-10-12/h1-7,10H,8-9,11H2. The molecule has 150 valence electrons. The summed E-state index contributed by atoms with van der Waals surface area (Å²) in [7, 11) is -3.85. The Morgan fingerprint density at radius 2 is 1.93 bits per heavy atom. The fourth-order valence-electron chi connectivity index (χ4n) is 3.05. The maximum atomic E-state index is 14.4. The van der Waals surface area contributed by atoms with Crippen molar-refractivity contribution in [3.05, 3.63) is 71.1 Å². The van der Waals surface area contributed by atoms with Gasteiger partial charge < -0.3 is 9.64 Å². The van der Waals surface area contributed by atoms with Crippen molar-refractivity contribution < 1.29 is 21.9 Å². The number of pyridine rings is 2. The Labute approximate surface area is 170 Å². The average molecular weight is 438 g/mol. The van der Waals surface area contributed by atoms with E-state index in [0.29, 0.717) is 6.54 Å². The molecule has 0 amide bonds. The Morgan fingerprint density at radius 1 is 1.17 bits per heavy atom. The summed E-state index contributed by atoms with van der Waals surface area (Å²) in [5.41, 5.74) is 0.877. The highest BCUT2D eigenvalue weighted by Gasteiger charge is 2.37. The van der Waals surface area contributed by atoms with E-state index in [9.17, 15) is 17.2 Å². The average Bonchev–Trinajstić information content (AvgIpc) is 2.69. The van der Waals surface area contributed by atoms with Gasteiger partial charge in [-0.2, -0.15) is 9.37 Å². The number of aromatic nitrogens is 2. The molecule has 1 aliphatic heterocycles. The lowest BCUT2D eigenvalue weighted by atomic mass is 10.2. The predicted molar refractivity (Wildman–Crippen MR) is 103 cm³/mol. The van der Waals surface area contributed by atoms with Crippen LogP contribution in [0.2, 0.25) is 5.02 Å². The molecule has 0 aliphatic carbocycles. The van der Waals surface area contributed by atoms with Crippen molar-refractivity contribution in [1.29, 1.82) is 0 Å². The van der Waals surface area contributed by atoms with Crippen LogP contribution in [0.1, 0.15) is 5.56 Å². The number of benzene rings is 1. The van der Waals surface area contributed by atoms with E-state index in [0.717, 1.165) is 17.7 Å². The molecule has 0 bridgehead atoms. The lowest BCUT2D eigenvalue weighted by Gasteiger charge is -2.32. The van der Waals surface area contributed by atoms with E-state index in [-0.39, 0.29) is 34.5 Å². The number of rotatable bonds is 4. The van der Waals surface area contributed by atoms with E-state index >= 15 is 0 Å². The van der Waals surface area contributed by atoms with Gasteiger partial charge in [0.2, 0.25) is 11.8 Å². The molecule has 29 heavy (non-hydrogen) atoms. The van der Waals surface area contributed by atoms with E-state index in [1.807, 2.05) is 6.07 Å². The van der Waals surface area contributed by atoms with Crippen LogP contribution in [0.25, 0.3) is 0 Å². The van der Waals surface area contributed by atoms with Crippen LogP contribution in [-0.2, 0) is 16.4 Å². The van der Waals surface area contributed by atoms with Crippen molar-refractivity contribution in [1.82, 2.24) is 9.97 Å². The highest BCUT2D eigenvalue weighted by Crippen LogP contribution is 2.44. The van der Waals surface area contributed by atoms with E-state index in [4.69, 9.17) is 16.3 Å². The van der Waals surface area contributed by atoms with Gasteiger partial charge >= 0.3 is 0 Å². The van der Waals surface area contributed by atoms with Crippen LogP contribution < -0.4 is 9.64 Å². The van der Waals surface area contributed by atoms with E-state index in [1.54, 1.807) is 23.4 Å². The number of halogens is 3. The van der Waals surface area contributed by atoms with Crippen LogP contribution in [-0.4, -0.2) is 30.7 Å². The minimum atomic E-state index is -3.85. The summed E-state index contributed by atoms with van der Waals surface area (Å²) in [6.45, 7) is 0.424. The van der Waals surface area contributed by atoms with Gasteiger partial charge in [0, 0.05) is 25.5 Å². The third-order valence-electron chi connectivity index (χ3n) is 4.38. The van der Waals surface area contributed by atoms with Gasteiger partial charge in [0.1, 0.15) is 27.2 Å². The Bertz CT molecular complexity index is 1160. The molecule has 1 aliphatic rings. The van der Waals surface area contributed by atoms with Crippen molar-refractivity contribution >= 4 is 27.1 Å². The molecular weight excluding hydrogens is 424 g/mol. The maximum absolute atomic E-state index is 14.4. The molecule has 1 aromatic carbocycles. The molecule has 0 N–H and O–H groups in total. The topological polar surface area (TPSA) is 72.4 Å². The van der Waals surface area contributed by atoms with E-state index < -0.39 is 26.6 Å². The maximum Gasteiger partial charge on any atom is 0.247 e. The highest BCUT2D eigenvalue weighted by atomic mass is 35.5. The normalized spacial score (nSPS) is 15.1. The molecular formula is C19H14ClF2N3O3S. The van der Waals surface area contributed by atoms with Crippen LogP contribution in [0.3, 0.4) is 0 Å². The van der Waals surface area contributed by atoms with Crippen LogP contribution in [0.15, 0.2) is 53.7 Å². The third kappa shape index (κ3) is 3.88. The van der Waals surface area contributed by atoms with Crippen molar-refractivity contribution in [3.63, 3.8) is 0 Å². The smallest absolute Gasteiger partial charge is 0.247 e. The second-order valence-electron chi connectivity index (χ2n) is 6.36. The molecule has 3 aromatic rings. The number of hydrogen-bond acceptors (Lipinski definition) is 6. The molecule has 0 spiro atoms. The summed E-state index contributed by atoms with van der Waals surface area (Å²) >= 11 is 6.00. The van der Waals surface area contributed by atoms with Crippen molar-refractivity contribution in [3.8, 4) is 11.6 Å². The summed E-state index contributed by atoms with van der Waals surface area (Å²) in [6.07, 6.45) is 3.26. The van der Waals surface area contributed by atoms with Gasteiger partial charge in [-0.05, 0) is 35.9 Å². The molecule has 0 atom stereocenters. The van der Waals surface area contributed by atoms with Crippen molar-refractivity contribution in [2.75, 3.05) is 17.2 Å². The molecule has 6 nitrogen and oxygen atoms in total. The zero-order chi connectivity index (χ0) is 20.6. The molecule has 0 unspecified atom stereocenters. The number of hydrogen-bond donors (Lipinski definition) is 0. The summed E-state index contributed by atoms with van der Waals surface area (Å²) in [4.78, 5) is 9.11. The number of anilines is 1. The lowest BCUT2D eigenvalue weighted by Crippen LogP contribution is -2.36. The first-order valence-electron chi connectivity index (χ1n) is 8.54. The van der Waals surface area contributed by atoms with Gasteiger partial charge in [0.25, 0.3) is 0 Å². The summed E-state index contributed by atoms with van der Waals surface area (Å²) in [6, 6.07) is 8.57. The SMILES string of the molecule is O=S1(=O)CCN(Cc2cccnc2)c2c(Oc3ccc(F)cc3)nc(F)c(Cl)c21. The Balaban J connectivity index is 1.85. The van der Waals surface area contributed by atoms with Crippen molar-refractivity contribution in [2.45, 2.75) is 11.4 Å². The quantitative estimate of drug-likeness (QED) is 0.574. The largest absolute Gasteiger partial charge is 0.437 e. The molecule has 0 fully saturated rings. The van der Waals surface area contributed by atoms with Crippen LogP contribution in [0.4, 0.5) is 14.5 Å². The molecule has 4 rings (SSSR count). The summed E-state index contributed by atoms with van der Waals surface area (Å²) in [5.74, 6) is -1.96. The number of ether oxygens (including phenoxy) is 1. The molecule has 0 saturated heterocycles. The Kier molecular flexibility index (Phi) is 5.10. The first-order chi connectivity index (χ1) is 13.8. The molecule has 0 radical (unpaired) electrons. The zero-order valence-electron chi connectivity index (χ0n) is 14.8. The number of fused-ring (bicyclic) bond motifs is 1. The van der Waals surface area contributed by atoms with E-state index in [1.165, 1.54) is 12.1 Å². The lowest BCUT2D eigenvalue weighted by molar-refractivity contribution is 0.438. The minimum absolute atomic E-state index is 0.0656. The second-order valence-corrected chi connectivity index (χ2v) is 8.78. The summed E-state index contributed by atoms with van der Waals surface area (Å²) in [5, 5.41) is -0.581. The number of sulfone groups is 1. The van der Waals surface area contributed by atoms with Crippen LogP contribution in [0.5, 0.6) is 11.6 Å².